The zero-order valence-electron chi connectivity index (χ0n) is 10.8. The number of aromatic nitrogens is 1. The van der Waals surface area contributed by atoms with Crippen LogP contribution < -0.4 is 10.5 Å². The van der Waals surface area contributed by atoms with Crippen molar-refractivity contribution >= 4 is 5.84 Å². The van der Waals surface area contributed by atoms with E-state index in [1.54, 1.807) is 6.07 Å². The zero-order valence-corrected chi connectivity index (χ0v) is 10.8. The first kappa shape index (κ1) is 13.5. The quantitative estimate of drug-likeness (QED) is 0.587. The van der Waals surface area contributed by atoms with Crippen molar-refractivity contribution in [3.05, 3.63) is 23.4 Å². The molecule has 1 aromatic rings. The van der Waals surface area contributed by atoms with Crippen molar-refractivity contribution in [1.82, 2.24) is 4.98 Å². The molecule has 1 unspecified atom stereocenters. The van der Waals surface area contributed by atoms with Gasteiger partial charge in [-0.25, -0.2) is 4.98 Å². The molecule has 4 nitrogen and oxygen atoms in total. The summed E-state index contributed by atoms with van der Waals surface area (Å²) >= 11 is 0. The molecule has 1 atom stereocenters. The maximum atomic E-state index is 7.47. The van der Waals surface area contributed by atoms with E-state index in [0.717, 1.165) is 18.5 Å². The van der Waals surface area contributed by atoms with Gasteiger partial charge in [-0.2, -0.15) is 0 Å². The lowest BCUT2D eigenvalue weighted by Gasteiger charge is -2.14. The largest absolute Gasteiger partial charge is 0.477 e. The van der Waals surface area contributed by atoms with Crippen molar-refractivity contribution in [3.8, 4) is 5.88 Å². The number of nitrogens with two attached hydrogens (primary N) is 1. The van der Waals surface area contributed by atoms with Crippen LogP contribution in [-0.4, -0.2) is 17.4 Å². The summed E-state index contributed by atoms with van der Waals surface area (Å²) in [4.78, 5) is 4.28. The molecule has 1 rings (SSSR count). The summed E-state index contributed by atoms with van der Waals surface area (Å²) in [5.41, 5.74) is 6.93. The van der Waals surface area contributed by atoms with Gasteiger partial charge in [0, 0.05) is 5.69 Å². The molecule has 0 bridgehead atoms. The second-order valence-electron chi connectivity index (χ2n) is 4.42. The summed E-state index contributed by atoms with van der Waals surface area (Å²) in [6.45, 7) is 6.81. The molecule has 0 fully saturated rings. The molecule has 3 N–H and O–H groups in total. The number of aryl methyl sites for hydroxylation is 1. The normalized spacial score (nSPS) is 12.2. The van der Waals surface area contributed by atoms with E-state index in [1.807, 2.05) is 13.0 Å². The fraction of sp³-hybridized carbons (Fsp3) is 0.538. The Morgan fingerprint density at radius 1 is 1.53 bits per heavy atom. The molecular formula is C13H21N3O. The lowest BCUT2D eigenvalue weighted by atomic mass is 10.1. The number of hydrogen-bond acceptors (Lipinski definition) is 3. The number of nitrogens with zero attached hydrogens (tertiary/aromatic N) is 1. The van der Waals surface area contributed by atoms with Crippen LogP contribution in [0.2, 0.25) is 0 Å². The lowest BCUT2D eigenvalue weighted by molar-refractivity contribution is 0.242. The molecule has 0 aromatic carbocycles. The molecule has 1 heterocycles. The van der Waals surface area contributed by atoms with Gasteiger partial charge in [-0.1, -0.05) is 20.3 Å². The maximum absolute atomic E-state index is 7.47. The minimum atomic E-state index is -0.00403. The summed E-state index contributed by atoms with van der Waals surface area (Å²) in [5.74, 6) is 0.957. The van der Waals surface area contributed by atoms with Crippen LogP contribution in [0.15, 0.2) is 12.1 Å². The van der Waals surface area contributed by atoms with E-state index in [1.165, 1.54) is 0 Å². The van der Waals surface area contributed by atoms with Crippen LogP contribution in [0.1, 0.15) is 37.9 Å². The van der Waals surface area contributed by atoms with Gasteiger partial charge in [-0.05, 0) is 31.4 Å². The third-order valence-corrected chi connectivity index (χ3v) is 2.58. The Morgan fingerprint density at radius 3 is 2.82 bits per heavy atom. The van der Waals surface area contributed by atoms with E-state index in [9.17, 15) is 0 Å². The van der Waals surface area contributed by atoms with Crippen LogP contribution in [0.25, 0.3) is 0 Å². The van der Waals surface area contributed by atoms with Gasteiger partial charge in [0.05, 0.1) is 12.2 Å². The van der Waals surface area contributed by atoms with Crippen LogP contribution >= 0.6 is 0 Å². The zero-order chi connectivity index (χ0) is 12.8. The lowest BCUT2D eigenvalue weighted by Crippen LogP contribution is -2.16. The summed E-state index contributed by atoms with van der Waals surface area (Å²) in [7, 11) is 0. The van der Waals surface area contributed by atoms with Crippen molar-refractivity contribution in [2.75, 3.05) is 6.61 Å². The second kappa shape index (κ2) is 6.23. The van der Waals surface area contributed by atoms with Crippen LogP contribution in [0.5, 0.6) is 5.88 Å². The Morgan fingerprint density at radius 2 is 2.24 bits per heavy atom. The fourth-order valence-electron chi connectivity index (χ4n) is 1.65. The Hall–Kier alpha value is -1.58. The number of nitrogens with one attached hydrogen (secondary N) is 1. The standard InChI is InChI=1S/C13H21N3O/c1-4-5-9(2)8-17-13-11(12(14)15)7-6-10(3)16-13/h6-7,9H,4-5,8H2,1-3H3,(H3,14,15). The van der Waals surface area contributed by atoms with Crippen molar-refractivity contribution < 1.29 is 4.74 Å². The van der Waals surface area contributed by atoms with Gasteiger partial charge in [0.15, 0.2) is 0 Å². The molecule has 4 heteroatoms. The molecule has 94 valence electrons. The average molecular weight is 235 g/mol. The summed E-state index contributed by atoms with van der Waals surface area (Å²) < 4.78 is 5.66. The van der Waals surface area contributed by atoms with Gasteiger partial charge in [0.2, 0.25) is 5.88 Å². The van der Waals surface area contributed by atoms with Crippen molar-refractivity contribution in [2.24, 2.45) is 11.7 Å². The highest BCUT2D eigenvalue weighted by Crippen LogP contribution is 2.17. The number of amidine groups is 1. The first-order valence-electron chi connectivity index (χ1n) is 5.99. The van der Waals surface area contributed by atoms with E-state index >= 15 is 0 Å². The summed E-state index contributed by atoms with van der Waals surface area (Å²) in [6, 6.07) is 3.61. The number of nitrogen functional groups attached to an aromatic ring is 1. The predicted octanol–water partition coefficient (Wildman–Crippen LogP) is 2.49. The fourth-order valence-corrected chi connectivity index (χ4v) is 1.65. The van der Waals surface area contributed by atoms with Crippen molar-refractivity contribution in [2.45, 2.75) is 33.6 Å². The molecule has 1 aromatic heterocycles. The van der Waals surface area contributed by atoms with E-state index in [4.69, 9.17) is 15.9 Å². The number of rotatable bonds is 6. The van der Waals surface area contributed by atoms with E-state index in [-0.39, 0.29) is 5.84 Å². The Balaban J connectivity index is 2.75. The Bertz CT molecular complexity index is 390. The van der Waals surface area contributed by atoms with Gasteiger partial charge >= 0.3 is 0 Å². The first-order chi connectivity index (χ1) is 8.04. The van der Waals surface area contributed by atoms with Gasteiger partial charge < -0.3 is 10.5 Å². The van der Waals surface area contributed by atoms with Crippen molar-refractivity contribution in [1.29, 1.82) is 5.41 Å². The molecule has 17 heavy (non-hydrogen) atoms. The van der Waals surface area contributed by atoms with Gasteiger partial charge in [-0.3, -0.25) is 5.41 Å². The Labute approximate surface area is 103 Å². The molecule has 0 saturated carbocycles. The predicted molar refractivity (Wildman–Crippen MR) is 69.6 cm³/mol. The molecule has 0 spiro atoms. The van der Waals surface area contributed by atoms with E-state index < -0.39 is 0 Å². The smallest absolute Gasteiger partial charge is 0.224 e. The molecule has 0 aliphatic carbocycles. The molecule has 0 saturated heterocycles. The molecule has 0 radical (unpaired) electrons. The first-order valence-corrected chi connectivity index (χ1v) is 5.99. The Kier molecular flexibility index (Phi) is 4.94. The van der Waals surface area contributed by atoms with Gasteiger partial charge in [0.1, 0.15) is 5.84 Å². The minimum absolute atomic E-state index is 0.00403. The molecular weight excluding hydrogens is 214 g/mol. The summed E-state index contributed by atoms with van der Waals surface area (Å²) in [5, 5.41) is 7.47. The molecule has 0 amide bonds. The van der Waals surface area contributed by atoms with Crippen LogP contribution in [-0.2, 0) is 0 Å². The SMILES string of the molecule is CCCC(C)COc1nc(C)ccc1C(=N)N. The third kappa shape index (κ3) is 4.06. The average Bonchev–Trinajstić information content (AvgIpc) is 2.26. The van der Waals surface area contributed by atoms with E-state index in [0.29, 0.717) is 24.0 Å². The van der Waals surface area contributed by atoms with Crippen molar-refractivity contribution in [3.63, 3.8) is 0 Å². The highest BCUT2D eigenvalue weighted by Gasteiger charge is 2.10. The van der Waals surface area contributed by atoms with Gasteiger partial charge in [0.25, 0.3) is 0 Å². The molecule has 0 aliphatic heterocycles. The number of hydrogen-bond donors (Lipinski definition) is 2. The number of ether oxygens (including phenoxy) is 1. The van der Waals surface area contributed by atoms with Gasteiger partial charge in [-0.15, -0.1) is 0 Å². The topological polar surface area (TPSA) is 72.0 Å². The molecule has 0 aliphatic rings. The van der Waals surface area contributed by atoms with E-state index in [2.05, 4.69) is 18.8 Å². The minimum Gasteiger partial charge on any atom is -0.477 e. The summed E-state index contributed by atoms with van der Waals surface area (Å²) in [6.07, 6.45) is 2.27. The number of pyridine rings is 1. The highest BCUT2D eigenvalue weighted by molar-refractivity contribution is 5.97. The van der Waals surface area contributed by atoms with Crippen LogP contribution in [0.4, 0.5) is 0 Å². The maximum Gasteiger partial charge on any atom is 0.224 e. The second-order valence-corrected chi connectivity index (χ2v) is 4.42. The van der Waals surface area contributed by atoms with Crippen LogP contribution in [0.3, 0.4) is 0 Å². The monoisotopic (exact) mass is 235 g/mol. The van der Waals surface area contributed by atoms with Crippen LogP contribution in [0, 0.1) is 18.3 Å². The highest BCUT2D eigenvalue weighted by atomic mass is 16.5. The third-order valence-electron chi connectivity index (χ3n) is 2.58.